The van der Waals surface area contributed by atoms with Crippen LogP contribution in [0.2, 0.25) is 5.02 Å². The smallest absolute Gasteiger partial charge is 0.325 e. The minimum absolute atomic E-state index is 0.293. The molecule has 0 aromatic heterocycles. The summed E-state index contributed by atoms with van der Waals surface area (Å²) >= 11 is 5.54. The summed E-state index contributed by atoms with van der Waals surface area (Å²) in [6.07, 6.45) is 0. The van der Waals surface area contributed by atoms with E-state index in [4.69, 9.17) is 16.7 Å². The Bertz CT molecular complexity index is 479. The first-order chi connectivity index (χ1) is 7.82. The van der Waals surface area contributed by atoms with Crippen molar-refractivity contribution in [1.29, 1.82) is 0 Å². The number of halogens is 3. The second-order valence-corrected chi connectivity index (χ2v) is 3.69. The largest absolute Gasteiger partial charge is 0.480 e. The lowest BCUT2D eigenvalue weighted by atomic mass is 10.2. The van der Waals surface area contributed by atoms with Gasteiger partial charge < -0.3 is 10.4 Å². The number of carboxylic acids is 1. The highest BCUT2D eigenvalue weighted by Gasteiger charge is 2.19. The van der Waals surface area contributed by atoms with Crippen LogP contribution in [0.4, 0.5) is 8.78 Å². The number of amides is 1. The van der Waals surface area contributed by atoms with Crippen molar-refractivity contribution in [2.45, 2.75) is 13.0 Å². The van der Waals surface area contributed by atoms with E-state index in [1.807, 2.05) is 0 Å². The van der Waals surface area contributed by atoms with Crippen LogP contribution in [0, 0.1) is 11.6 Å². The lowest BCUT2D eigenvalue weighted by Gasteiger charge is -2.10. The predicted octanol–water partition coefficient (Wildman–Crippen LogP) is 1.82. The van der Waals surface area contributed by atoms with Gasteiger partial charge in [0.1, 0.15) is 6.04 Å². The molecule has 2 N–H and O–H groups in total. The molecule has 4 nitrogen and oxygen atoms in total. The molecule has 1 aromatic carbocycles. The maximum absolute atomic E-state index is 12.9. The second-order valence-electron chi connectivity index (χ2n) is 3.28. The van der Waals surface area contributed by atoms with Gasteiger partial charge in [-0.25, -0.2) is 8.78 Å². The van der Waals surface area contributed by atoms with Crippen molar-refractivity contribution < 1.29 is 23.5 Å². The molecule has 7 heteroatoms. The predicted molar refractivity (Wildman–Crippen MR) is 55.9 cm³/mol. The van der Waals surface area contributed by atoms with E-state index < -0.39 is 29.6 Å². The number of rotatable bonds is 3. The van der Waals surface area contributed by atoms with Crippen LogP contribution in [0.15, 0.2) is 12.1 Å². The van der Waals surface area contributed by atoms with Gasteiger partial charge >= 0.3 is 5.97 Å². The van der Waals surface area contributed by atoms with Crippen LogP contribution < -0.4 is 5.32 Å². The van der Waals surface area contributed by atoms with Crippen molar-refractivity contribution in [3.63, 3.8) is 0 Å². The van der Waals surface area contributed by atoms with E-state index in [2.05, 4.69) is 5.32 Å². The van der Waals surface area contributed by atoms with Gasteiger partial charge in [0.25, 0.3) is 5.91 Å². The van der Waals surface area contributed by atoms with Crippen LogP contribution in [-0.4, -0.2) is 23.0 Å². The number of hydrogen-bond donors (Lipinski definition) is 2. The first-order valence-corrected chi connectivity index (χ1v) is 4.89. The van der Waals surface area contributed by atoms with Crippen LogP contribution in [0.1, 0.15) is 17.3 Å². The number of benzene rings is 1. The van der Waals surface area contributed by atoms with Gasteiger partial charge in [-0.3, -0.25) is 9.59 Å². The Balaban J connectivity index is 2.97. The summed E-state index contributed by atoms with van der Waals surface area (Å²) < 4.78 is 25.6. The molecular weight excluding hydrogens is 256 g/mol. The number of nitrogens with one attached hydrogen (secondary N) is 1. The minimum atomic E-state index is -1.25. The molecule has 0 spiro atoms. The van der Waals surface area contributed by atoms with Crippen LogP contribution in [0.3, 0.4) is 0 Å². The molecular formula is C10H8ClF2NO3. The van der Waals surface area contributed by atoms with Crippen molar-refractivity contribution in [2.24, 2.45) is 0 Å². The molecule has 17 heavy (non-hydrogen) atoms. The molecule has 1 atom stereocenters. The quantitative estimate of drug-likeness (QED) is 0.818. The fourth-order valence-electron chi connectivity index (χ4n) is 1.03. The zero-order valence-electron chi connectivity index (χ0n) is 8.63. The summed E-state index contributed by atoms with van der Waals surface area (Å²) in [7, 11) is 0. The molecule has 0 aliphatic rings. The van der Waals surface area contributed by atoms with Gasteiger partial charge in [0.15, 0.2) is 11.6 Å². The fraction of sp³-hybridized carbons (Fsp3) is 0.200. The van der Waals surface area contributed by atoms with Crippen LogP contribution >= 0.6 is 11.6 Å². The van der Waals surface area contributed by atoms with Crippen molar-refractivity contribution >= 4 is 23.5 Å². The molecule has 0 aliphatic carbocycles. The van der Waals surface area contributed by atoms with Crippen LogP contribution in [0.25, 0.3) is 0 Å². The third-order valence-electron chi connectivity index (χ3n) is 1.97. The van der Waals surface area contributed by atoms with Gasteiger partial charge in [0.05, 0.1) is 10.6 Å². The van der Waals surface area contributed by atoms with Crippen molar-refractivity contribution in [3.8, 4) is 0 Å². The molecule has 0 radical (unpaired) electrons. The topological polar surface area (TPSA) is 66.4 Å². The van der Waals surface area contributed by atoms with Gasteiger partial charge in [-0.2, -0.15) is 0 Å². The monoisotopic (exact) mass is 263 g/mol. The lowest BCUT2D eigenvalue weighted by molar-refractivity contribution is -0.138. The number of hydrogen-bond acceptors (Lipinski definition) is 2. The van der Waals surface area contributed by atoms with E-state index in [1.54, 1.807) is 0 Å². The number of carbonyl (C=O) groups excluding carboxylic acids is 1. The molecule has 1 amide bonds. The lowest BCUT2D eigenvalue weighted by Crippen LogP contribution is -2.38. The van der Waals surface area contributed by atoms with Crippen molar-refractivity contribution in [2.75, 3.05) is 0 Å². The first-order valence-electron chi connectivity index (χ1n) is 4.51. The highest BCUT2D eigenvalue weighted by Crippen LogP contribution is 2.19. The Morgan fingerprint density at radius 1 is 1.35 bits per heavy atom. The fourth-order valence-corrected chi connectivity index (χ4v) is 1.27. The Kier molecular flexibility index (Phi) is 4.01. The maximum atomic E-state index is 12.9. The third-order valence-corrected chi connectivity index (χ3v) is 2.29. The average molecular weight is 264 g/mol. The second kappa shape index (κ2) is 5.09. The molecule has 0 bridgehead atoms. The van der Waals surface area contributed by atoms with Gasteiger partial charge in [0, 0.05) is 0 Å². The van der Waals surface area contributed by atoms with Gasteiger partial charge in [0.2, 0.25) is 0 Å². The zero-order valence-corrected chi connectivity index (χ0v) is 9.39. The molecule has 0 saturated heterocycles. The number of carbonyl (C=O) groups is 2. The van der Waals surface area contributed by atoms with Gasteiger partial charge in [-0.15, -0.1) is 0 Å². The Morgan fingerprint density at radius 3 is 2.41 bits per heavy atom. The summed E-state index contributed by atoms with van der Waals surface area (Å²) in [6.45, 7) is 1.23. The Hall–Kier alpha value is -1.69. The van der Waals surface area contributed by atoms with E-state index in [0.717, 1.165) is 0 Å². The normalized spacial score (nSPS) is 12.0. The minimum Gasteiger partial charge on any atom is -0.480 e. The van der Waals surface area contributed by atoms with E-state index in [0.29, 0.717) is 12.1 Å². The van der Waals surface area contributed by atoms with E-state index >= 15 is 0 Å². The summed E-state index contributed by atoms with van der Waals surface area (Å²) in [4.78, 5) is 22.0. The Morgan fingerprint density at radius 2 is 1.88 bits per heavy atom. The molecule has 0 saturated carbocycles. The molecule has 0 fully saturated rings. The van der Waals surface area contributed by atoms with Gasteiger partial charge in [-0.05, 0) is 19.1 Å². The zero-order chi connectivity index (χ0) is 13.2. The van der Waals surface area contributed by atoms with E-state index in [9.17, 15) is 18.4 Å². The first kappa shape index (κ1) is 13.4. The average Bonchev–Trinajstić information content (AvgIpc) is 2.22. The SMILES string of the molecule is C[C@@H](NC(=O)c1cc(F)c(F)cc1Cl)C(=O)O. The highest BCUT2D eigenvalue weighted by atomic mass is 35.5. The molecule has 1 rings (SSSR count). The van der Waals surface area contributed by atoms with Crippen molar-refractivity contribution in [3.05, 3.63) is 34.4 Å². The standard InChI is InChI=1S/C10H8ClF2NO3/c1-4(10(16)17)14-9(15)5-2-7(12)8(13)3-6(5)11/h2-4H,1H3,(H,14,15)(H,16,17)/t4-/m1/s1. The van der Waals surface area contributed by atoms with Crippen LogP contribution in [-0.2, 0) is 4.79 Å². The van der Waals surface area contributed by atoms with E-state index in [-0.39, 0.29) is 10.6 Å². The number of aliphatic carboxylic acids is 1. The maximum Gasteiger partial charge on any atom is 0.325 e. The highest BCUT2D eigenvalue weighted by molar-refractivity contribution is 6.33. The molecule has 0 heterocycles. The molecule has 1 aromatic rings. The van der Waals surface area contributed by atoms with Crippen LogP contribution in [0.5, 0.6) is 0 Å². The Labute approximate surface area is 100 Å². The van der Waals surface area contributed by atoms with Gasteiger partial charge in [-0.1, -0.05) is 11.6 Å². The van der Waals surface area contributed by atoms with E-state index in [1.165, 1.54) is 6.92 Å². The van der Waals surface area contributed by atoms with Crippen molar-refractivity contribution in [1.82, 2.24) is 5.32 Å². The molecule has 92 valence electrons. The summed E-state index contributed by atoms with van der Waals surface area (Å²) in [5.74, 6) is -4.55. The summed E-state index contributed by atoms with van der Waals surface area (Å²) in [5, 5.41) is 10.3. The summed E-state index contributed by atoms with van der Waals surface area (Å²) in [5.41, 5.74) is -0.321. The molecule has 0 unspecified atom stereocenters. The number of carboxylic acid groups (broad SMARTS) is 1. The molecule has 0 aliphatic heterocycles. The third kappa shape index (κ3) is 3.13. The summed E-state index contributed by atoms with van der Waals surface area (Å²) in [6, 6.07) is 0.102.